The van der Waals surface area contributed by atoms with E-state index < -0.39 is 0 Å². The zero-order valence-corrected chi connectivity index (χ0v) is 10.7. The van der Waals surface area contributed by atoms with Gasteiger partial charge in [-0.05, 0) is 20.8 Å². The topological polar surface area (TPSA) is 64.8 Å². The van der Waals surface area contributed by atoms with Crippen molar-refractivity contribution in [2.24, 2.45) is 0 Å². The van der Waals surface area contributed by atoms with Crippen molar-refractivity contribution in [1.29, 1.82) is 5.26 Å². The van der Waals surface area contributed by atoms with Crippen molar-refractivity contribution < 1.29 is 0 Å². The average molecular weight is 233 g/mol. The lowest BCUT2D eigenvalue weighted by Crippen LogP contribution is -2.25. The van der Waals surface area contributed by atoms with E-state index in [1.54, 1.807) is 0 Å². The molecule has 5 heteroatoms. The molecule has 0 amide bonds. The molecule has 0 aliphatic rings. The molecule has 1 aromatic rings. The largest absolute Gasteiger partial charge is 0.356 e. The standard InChI is InChI=1S/C12H19N5/c1-4-14-12-15-10(3)9-11(16-12)17(5-2)8-6-7-13/h9H,4-6,8H2,1-3H3,(H,14,15,16). The minimum Gasteiger partial charge on any atom is -0.356 e. The fourth-order valence-electron chi connectivity index (χ4n) is 1.57. The molecule has 5 nitrogen and oxygen atoms in total. The van der Waals surface area contributed by atoms with Gasteiger partial charge >= 0.3 is 0 Å². The Morgan fingerprint density at radius 2 is 2.18 bits per heavy atom. The van der Waals surface area contributed by atoms with Crippen LogP contribution in [0.5, 0.6) is 0 Å². The number of anilines is 2. The van der Waals surface area contributed by atoms with Crippen molar-refractivity contribution in [2.75, 3.05) is 29.9 Å². The van der Waals surface area contributed by atoms with Crippen molar-refractivity contribution in [3.63, 3.8) is 0 Å². The molecule has 0 aromatic carbocycles. The van der Waals surface area contributed by atoms with Crippen LogP contribution >= 0.6 is 0 Å². The molecule has 0 saturated heterocycles. The number of aromatic nitrogens is 2. The molecule has 0 aliphatic heterocycles. The van der Waals surface area contributed by atoms with Crippen LogP contribution < -0.4 is 10.2 Å². The monoisotopic (exact) mass is 233 g/mol. The van der Waals surface area contributed by atoms with Gasteiger partial charge in [0.2, 0.25) is 5.95 Å². The van der Waals surface area contributed by atoms with Gasteiger partial charge in [0.25, 0.3) is 0 Å². The molecular weight excluding hydrogens is 214 g/mol. The van der Waals surface area contributed by atoms with Gasteiger partial charge in [-0.2, -0.15) is 10.2 Å². The summed E-state index contributed by atoms with van der Waals surface area (Å²) in [4.78, 5) is 10.8. The summed E-state index contributed by atoms with van der Waals surface area (Å²) in [7, 11) is 0. The molecule has 0 saturated carbocycles. The number of rotatable bonds is 6. The Balaban J connectivity index is 2.90. The quantitative estimate of drug-likeness (QED) is 0.813. The highest BCUT2D eigenvalue weighted by Crippen LogP contribution is 2.14. The maximum Gasteiger partial charge on any atom is 0.224 e. The fourth-order valence-corrected chi connectivity index (χ4v) is 1.57. The lowest BCUT2D eigenvalue weighted by molar-refractivity contribution is 0.806. The van der Waals surface area contributed by atoms with Gasteiger partial charge in [0.1, 0.15) is 5.82 Å². The maximum atomic E-state index is 8.63. The summed E-state index contributed by atoms with van der Waals surface area (Å²) in [5, 5.41) is 11.7. The summed E-state index contributed by atoms with van der Waals surface area (Å²) in [6.45, 7) is 8.36. The van der Waals surface area contributed by atoms with E-state index in [1.807, 2.05) is 19.9 Å². The lowest BCUT2D eigenvalue weighted by atomic mass is 10.3. The van der Waals surface area contributed by atoms with E-state index in [0.717, 1.165) is 24.6 Å². The normalized spacial score (nSPS) is 9.76. The number of hydrogen-bond donors (Lipinski definition) is 1. The Labute approximate surface area is 102 Å². The number of nitrogens with zero attached hydrogens (tertiary/aromatic N) is 4. The molecular formula is C12H19N5. The minimum atomic E-state index is 0.507. The molecule has 1 N–H and O–H groups in total. The first-order chi connectivity index (χ1) is 8.21. The van der Waals surface area contributed by atoms with Gasteiger partial charge in [-0.15, -0.1) is 0 Å². The summed E-state index contributed by atoms with van der Waals surface area (Å²) < 4.78 is 0. The predicted octanol–water partition coefficient (Wildman–Crippen LogP) is 1.96. The molecule has 0 aliphatic carbocycles. The second-order valence-corrected chi connectivity index (χ2v) is 3.71. The van der Waals surface area contributed by atoms with Crippen LogP contribution in [0.2, 0.25) is 0 Å². The van der Waals surface area contributed by atoms with Crippen LogP contribution in [0.1, 0.15) is 26.0 Å². The van der Waals surface area contributed by atoms with E-state index in [-0.39, 0.29) is 0 Å². The van der Waals surface area contributed by atoms with Gasteiger partial charge in [0.05, 0.1) is 12.5 Å². The summed E-state index contributed by atoms with van der Waals surface area (Å²) in [5.74, 6) is 1.53. The fraction of sp³-hybridized carbons (Fsp3) is 0.583. The lowest BCUT2D eigenvalue weighted by Gasteiger charge is -2.21. The van der Waals surface area contributed by atoms with Crippen LogP contribution in [0.4, 0.5) is 11.8 Å². The average Bonchev–Trinajstić information content (AvgIpc) is 2.30. The smallest absolute Gasteiger partial charge is 0.224 e. The minimum absolute atomic E-state index is 0.507. The van der Waals surface area contributed by atoms with E-state index in [2.05, 4.69) is 33.2 Å². The van der Waals surface area contributed by atoms with Crippen molar-refractivity contribution in [3.05, 3.63) is 11.8 Å². The van der Waals surface area contributed by atoms with Crippen molar-refractivity contribution >= 4 is 11.8 Å². The van der Waals surface area contributed by atoms with Gasteiger partial charge < -0.3 is 10.2 Å². The summed E-state index contributed by atoms with van der Waals surface area (Å²) in [6.07, 6.45) is 0.507. The third-order valence-electron chi connectivity index (χ3n) is 2.37. The summed E-state index contributed by atoms with van der Waals surface area (Å²) in [6, 6.07) is 4.10. The third-order valence-corrected chi connectivity index (χ3v) is 2.37. The summed E-state index contributed by atoms with van der Waals surface area (Å²) >= 11 is 0. The van der Waals surface area contributed by atoms with Crippen molar-refractivity contribution in [1.82, 2.24) is 9.97 Å². The second-order valence-electron chi connectivity index (χ2n) is 3.71. The van der Waals surface area contributed by atoms with Crippen LogP contribution in [0.25, 0.3) is 0 Å². The van der Waals surface area contributed by atoms with E-state index in [4.69, 9.17) is 5.26 Å². The van der Waals surface area contributed by atoms with Gasteiger partial charge in [0, 0.05) is 31.4 Å². The highest BCUT2D eigenvalue weighted by molar-refractivity contribution is 5.44. The number of nitriles is 1. The molecule has 92 valence electrons. The Kier molecular flexibility index (Phi) is 5.21. The van der Waals surface area contributed by atoms with Crippen LogP contribution in [0.15, 0.2) is 6.07 Å². The summed E-state index contributed by atoms with van der Waals surface area (Å²) in [5.41, 5.74) is 0.932. The molecule has 0 unspecified atom stereocenters. The number of aryl methyl sites for hydroxylation is 1. The molecule has 1 aromatic heterocycles. The molecule has 0 radical (unpaired) electrons. The molecule has 0 fully saturated rings. The highest BCUT2D eigenvalue weighted by atomic mass is 15.2. The zero-order chi connectivity index (χ0) is 12.7. The Bertz CT molecular complexity index is 396. The van der Waals surface area contributed by atoms with Crippen LogP contribution in [0, 0.1) is 18.3 Å². The van der Waals surface area contributed by atoms with E-state index in [0.29, 0.717) is 18.9 Å². The number of nitrogens with one attached hydrogen (secondary N) is 1. The van der Waals surface area contributed by atoms with Crippen molar-refractivity contribution in [2.45, 2.75) is 27.2 Å². The Morgan fingerprint density at radius 1 is 1.41 bits per heavy atom. The zero-order valence-electron chi connectivity index (χ0n) is 10.7. The first-order valence-corrected chi connectivity index (χ1v) is 5.92. The predicted molar refractivity (Wildman–Crippen MR) is 69.0 cm³/mol. The van der Waals surface area contributed by atoms with E-state index in [9.17, 15) is 0 Å². The van der Waals surface area contributed by atoms with Crippen LogP contribution in [0.3, 0.4) is 0 Å². The van der Waals surface area contributed by atoms with Gasteiger partial charge in [-0.3, -0.25) is 0 Å². The molecule has 1 rings (SSSR count). The molecule has 17 heavy (non-hydrogen) atoms. The van der Waals surface area contributed by atoms with Crippen molar-refractivity contribution in [3.8, 4) is 6.07 Å². The Morgan fingerprint density at radius 3 is 2.76 bits per heavy atom. The SMILES string of the molecule is CCNc1nc(C)cc(N(CC)CCC#N)n1. The highest BCUT2D eigenvalue weighted by Gasteiger charge is 2.08. The first kappa shape index (κ1) is 13.2. The maximum absolute atomic E-state index is 8.63. The molecule has 0 bridgehead atoms. The van der Waals surface area contributed by atoms with E-state index >= 15 is 0 Å². The third kappa shape index (κ3) is 3.91. The van der Waals surface area contributed by atoms with Crippen LogP contribution in [-0.4, -0.2) is 29.6 Å². The molecule has 0 spiro atoms. The van der Waals surface area contributed by atoms with E-state index in [1.165, 1.54) is 0 Å². The van der Waals surface area contributed by atoms with Gasteiger partial charge in [-0.1, -0.05) is 0 Å². The van der Waals surface area contributed by atoms with Gasteiger partial charge in [0.15, 0.2) is 0 Å². The first-order valence-electron chi connectivity index (χ1n) is 5.92. The Hall–Kier alpha value is -1.83. The van der Waals surface area contributed by atoms with Crippen LogP contribution in [-0.2, 0) is 0 Å². The number of hydrogen-bond acceptors (Lipinski definition) is 5. The molecule has 0 atom stereocenters. The molecule has 1 heterocycles. The second kappa shape index (κ2) is 6.69. The van der Waals surface area contributed by atoms with Gasteiger partial charge in [-0.25, -0.2) is 4.98 Å².